The highest BCUT2D eigenvalue weighted by Gasteiger charge is 2.30. The number of rotatable bonds is 5. The van der Waals surface area contributed by atoms with Crippen molar-refractivity contribution in [3.63, 3.8) is 0 Å². The summed E-state index contributed by atoms with van der Waals surface area (Å²) in [4.78, 5) is 2.60. The van der Waals surface area contributed by atoms with Crippen LogP contribution in [0, 0.1) is 0 Å². The first-order chi connectivity index (χ1) is 10.8. The van der Waals surface area contributed by atoms with Crippen LogP contribution in [0.5, 0.6) is 0 Å². The summed E-state index contributed by atoms with van der Waals surface area (Å²) in [6.45, 7) is 6.76. The zero-order valence-corrected chi connectivity index (χ0v) is 13.6. The molecule has 0 radical (unpaired) electrons. The van der Waals surface area contributed by atoms with Crippen LogP contribution in [0.1, 0.15) is 37.8 Å². The normalized spacial score (nSPS) is 18.2. The predicted octanol–water partition coefficient (Wildman–Crippen LogP) is 5.10. The second-order valence-electron chi connectivity index (χ2n) is 5.90. The number of benzene rings is 2. The number of hydrogen-bond donors (Lipinski definition) is 0. The van der Waals surface area contributed by atoms with Gasteiger partial charge >= 0.3 is 0 Å². The molecule has 0 fully saturated rings. The Bertz CT molecular complexity index is 623. The highest BCUT2D eigenvalue weighted by atomic mass is 15.1. The highest BCUT2D eigenvalue weighted by molar-refractivity contribution is 5.95. The van der Waals surface area contributed by atoms with Crippen molar-refractivity contribution in [1.29, 1.82) is 0 Å². The molecule has 1 unspecified atom stereocenters. The predicted molar refractivity (Wildman–Crippen MR) is 95.6 cm³/mol. The van der Waals surface area contributed by atoms with E-state index >= 15 is 0 Å². The zero-order chi connectivity index (χ0) is 15.4. The van der Waals surface area contributed by atoms with Gasteiger partial charge in [0, 0.05) is 6.04 Å². The molecule has 0 aliphatic heterocycles. The third-order valence-corrected chi connectivity index (χ3v) is 4.79. The van der Waals surface area contributed by atoms with E-state index in [1.165, 1.54) is 35.1 Å². The summed E-state index contributed by atoms with van der Waals surface area (Å²) < 4.78 is 0. The van der Waals surface area contributed by atoms with Crippen LogP contribution in [0.25, 0.3) is 11.1 Å². The molecule has 22 heavy (non-hydrogen) atoms. The van der Waals surface area contributed by atoms with Gasteiger partial charge in [0.2, 0.25) is 0 Å². The standard InChI is InChI=1S/C21H25N/c1-3-22(4-2)20-16-15-19(17-11-7-5-8-12-17)21(20)18-13-9-6-10-14-18/h5-14,20H,3-4,15-16H2,1-2H3. The van der Waals surface area contributed by atoms with Crippen molar-refractivity contribution in [2.75, 3.05) is 13.1 Å². The molecule has 0 spiro atoms. The minimum absolute atomic E-state index is 0.549. The number of nitrogens with zero attached hydrogens (tertiary/aromatic N) is 1. The van der Waals surface area contributed by atoms with Gasteiger partial charge in [-0.05, 0) is 48.2 Å². The minimum atomic E-state index is 0.549. The van der Waals surface area contributed by atoms with Crippen molar-refractivity contribution < 1.29 is 0 Å². The SMILES string of the molecule is CCN(CC)C1CCC(c2ccccc2)=C1c1ccccc1. The molecule has 3 rings (SSSR count). The minimum Gasteiger partial charge on any atom is -0.297 e. The van der Waals surface area contributed by atoms with Crippen molar-refractivity contribution in [1.82, 2.24) is 4.90 Å². The van der Waals surface area contributed by atoms with Crippen molar-refractivity contribution in [2.45, 2.75) is 32.7 Å². The molecular formula is C21H25N. The molecule has 0 saturated heterocycles. The molecule has 0 saturated carbocycles. The van der Waals surface area contributed by atoms with Crippen molar-refractivity contribution in [3.8, 4) is 0 Å². The molecule has 0 bridgehead atoms. The lowest BCUT2D eigenvalue weighted by Gasteiger charge is -2.29. The fraction of sp³-hybridized carbons (Fsp3) is 0.333. The number of hydrogen-bond acceptors (Lipinski definition) is 1. The van der Waals surface area contributed by atoms with Crippen LogP contribution in [-0.2, 0) is 0 Å². The lowest BCUT2D eigenvalue weighted by Crippen LogP contribution is -2.34. The van der Waals surface area contributed by atoms with Gasteiger partial charge in [-0.15, -0.1) is 0 Å². The Morgan fingerprint density at radius 3 is 1.91 bits per heavy atom. The van der Waals surface area contributed by atoms with Crippen LogP contribution in [0.3, 0.4) is 0 Å². The quantitative estimate of drug-likeness (QED) is 0.740. The fourth-order valence-electron chi connectivity index (χ4n) is 3.71. The lowest BCUT2D eigenvalue weighted by molar-refractivity contribution is 0.258. The van der Waals surface area contributed by atoms with E-state index in [1.807, 2.05) is 0 Å². The molecule has 0 heterocycles. The van der Waals surface area contributed by atoms with Crippen LogP contribution in [0.2, 0.25) is 0 Å². The molecule has 1 atom stereocenters. The first-order valence-electron chi connectivity index (χ1n) is 8.43. The zero-order valence-electron chi connectivity index (χ0n) is 13.6. The Balaban J connectivity index is 2.10. The fourth-order valence-corrected chi connectivity index (χ4v) is 3.71. The van der Waals surface area contributed by atoms with Gasteiger partial charge in [0.1, 0.15) is 0 Å². The van der Waals surface area contributed by atoms with E-state index in [4.69, 9.17) is 0 Å². The smallest absolute Gasteiger partial charge is 0.0359 e. The van der Waals surface area contributed by atoms with E-state index in [0.717, 1.165) is 13.1 Å². The van der Waals surface area contributed by atoms with E-state index in [-0.39, 0.29) is 0 Å². The monoisotopic (exact) mass is 291 g/mol. The van der Waals surface area contributed by atoms with Crippen molar-refractivity contribution >= 4 is 11.1 Å². The lowest BCUT2D eigenvalue weighted by atomic mass is 9.94. The van der Waals surface area contributed by atoms with E-state index in [9.17, 15) is 0 Å². The maximum Gasteiger partial charge on any atom is 0.0359 e. The van der Waals surface area contributed by atoms with Gasteiger partial charge < -0.3 is 0 Å². The molecule has 2 aromatic rings. The summed E-state index contributed by atoms with van der Waals surface area (Å²) in [6, 6.07) is 22.4. The first kappa shape index (κ1) is 15.1. The van der Waals surface area contributed by atoms with Gasteiger partial charge in [0.25, 0.3) is 0 Å². The molecule has 2 aromatic carbocycles. The maximum atomic E-state index is 2.60. The largest absolute Gasteiger partial charge is 0.297 e. The average molecular weight is 291 g/mol. The Labute approximate surface area is 134 Å². The van der Waals surface area contributed by atoms with Gasteiger partial charge in [-0.3, -0.25) is 4.90 Å². The molecule has 0 aromatic heterocycles. The van der Waals surface area contributed by atoms with Gasteiger partial charge in [-0.25, -0.2) is 0 Å². The summed E-state index contributed by atoms with van der Waals surface area (Å²) in [5.41, 5.74) is 5.84. The Hall–Kier alpha value is -1.86. The van der Waals surface area contributed by atoms with E-state index in [1.54, 1.807) is 0 Å². The van der Waals surface area contributed by atoms with Gasteiger partial charge in [0.15, 0.2) is 0 Å². The summed E-state index contributed by atoms with van der Waals surface area (Å²) in [5.74, 6) is 0. The molecule has 1 aliphatic rings. The van der Waals surface area contributed by atoms with Gasteiger partial charge in [-0.2, -0.15) is 0 Å². The summed E-state index contributed by atoms with van der Waals surface area (Å²) in [6.07, 6.45) is 2.41. The molecular weight excluding hydrogens is 266 g/mol. The molecule has 1 heteroatoms. The van der Waals surface area contributed by atoms with Crippen LogP contribution >= 0.6 is 0 Å². The van der Waals surface area contributed by atoms with Crippen LogP contribution in [0.4, 0.5) is 0 Å². The van der Waals surface area contributed by atoms with Crippen molar-refractivity contribution in [3.05, 3.63) is 71.8 Å². The topological polar surface area (TPSA) is 3.24 Å². The third-order valence-electron chi connectivity index (χ3n) is 4.79. The van der Waals surface area contributed by atoms with Crippen LogP contribution < -0.4 is 0 Å². The second-order valence-corrected chi connectivity index (χ2v) is 5.90. The Kier molecular flexibility index (Phi) is 4.74. The number of allylic oxidation sites excluding steroid dienone is 1. The van der Waals surface area contributed by atoms with E-state index < -0.39 is 0 Å². The van der Waals surface area contributed by atoms with E-state index in [0.29, 0.717) is 6.04 Å². The van der Waals surface area contributed by atoms with Crippen LogP contribution in [0.15, 0.2) is 60.7 Å². The second kappa shape index (κ2) is 6.93. The third kappa shape index (κ3) is 2.86. The summed E-state index contributed by atoms with van der Waals surface area (Å²) >= 11 is 0. The number of likely N-dealkylation sites (N-methyl/N-ethyl adjacent to an activating group) is 1. The molecule has 1 nitrogen and oxygen atoms in total. The van der Waals surface area contributed by atoms with Gasteiger partial charge in [-0.1, -0.05) is 74.5 Å². The molecule has 0 N–H and O–H groups in total. The molecule has 0 amide bonds. The van der Waals surface area contributed by atoms with Crippen molar-refractivity contribution in [2.24, 2.45) is 0 Å². The highest BCUT2D eigenvalue weighted by Crippen LogP contribution is 2.42. The summed E-state index contributed by atoms with van der Waals surface area (Å²) in [7, 11) is 0. The average Bonchev–Trinajstić information content (AvgIpc) is 3.02. The van der Waals surface area contributed by atoms with Gasteiger partial charge in [0.05, 0.1) is 0 Å². The summed E-state index contributed by atoms with van der Waals surface area (Å²) in [5, 5.41) is 0. The Morgan fingerprint density at radius 2 is 1.36 bits per heavy atom. The maximum absolute atomic E-state index is 2.60. The molecule has 114 valence electrons. The Morgan fingerprint density at radius 1 is 0.818 bits per heavy atom. The molecule has 1 aliphatic carbocycles. The van der Waals surface area contributed by atoms with Crippen LogP contribution in [-0.4, -0.2) is 24.0 Å². The first-order valence-corrected chi connectivity index (χ1v) is 8.43. The van der Waals surface area contributed by atoms with E-state index in [2.05, 4.69) is 79.4 Å².